The van der Waals surface area contributed by atoms with Gasteiger partial charge in [-0.2, -0.15) is 8.42 Å². The molecule has 0 amide bonds. The molecule has 0 heterocycles. The van der Waals surface area contributed by atoms with E-state index in [1.54, 1.807) is 12.1 Å². The molecule has 0 saturated carbocycles. The highest BCUT2D eigenvalue weighted by molar-refractivity contribution is 7.86. The first-order valence-corrected chi connectivity index (χ1v) is 9.33. The zero-order valence-electron chi connectivity index (χ0n) is 14.2. The van der Waals surface area contributed by atoms with Gasteiger partial charge in [-0.05, 0) is 38.3 Å². The maximum atomic E-state index is 12.2. The van der Waals surface area contributed by atoms with Gasteiger partial charge in [0.15, 0.2) is 0 Å². The molecular formula is C18H24O5S. The maximum absolute atomic E-state index is 12.2. The summed E-state index contributed by atoms with van der Waals surface area (Å²) < 4.78 is 34.1. The van der Waals surface area contributed by atoms with E-state index in [0.717, 1.165) is 31.2 Å². The van der Waals surface area contributed by atoms with E-state index in [4.69, 9.17) is 10.6 Å². The molecule has 1 atom stereocenters. The molecule has 0 aliphatic heterocycles. The summed E-state index contributed by atoms with van der Waals surface area (Å²) in [4.78, 5) is 11.1. The Labute approximate surface area is 144 Å². The molecule has 1 unspecified atom stereocenters. The number of carbonyl (C=O) groups is 1. The summed E-state index contributed by atoms with van der Waals surface area (Å²) in [7, 11) is -2.49. The van der Waals surface area contributed by atoms with Gasteiger partial charge in [0, 0.05) is 6.42 Å². The number of methoxy groups -OCH3 is 1. The van der Waals surface area contributed by atoms with Crippen molar-refractivity contribution in [2.75, 3.05) is 7.11 Å². The molecule has 0 fully saturated rings. The normalized spacial score (nSPS) is 12.4. The van der Waals surface area contributed by atoms with Crippen molar-refractivity contribution in [2.24, 2.45) is 0 Å². The van der Waals surface area contributed by atoms with Gasteiger partial charge in [0.25, 0.3) is 10.1 Å². The number of benzene rings is 1. The second kappa shape index (κ2) is 10.1. The Bertz CT molecular complexity index is 656. The highest BCUT2D eigenvalue weighted by atomic mass is 32.2. The summed E-state index contributed by atoms with van der Waals surface area (Å²) in [6, 6.07) is 6.43. The molecule has 0 bridgehead atoms. The molecule has 0 saturated heterocycles. The summed E-state index contributed by atoms with van der Waals surface area (Å²) in [6.45, 7) is 1.88. The van der Waals surface area contributed by atoms with Gasteiger partial charge in [-0.15, -0.1) is 6.42 Å². The number of esters is 1. The first-order chi connectivity index (χ1) is 11.4. The third-order valence-electron chi connectivity index (χ3n) is 3.56. The Hall–Kier alpha value is -1.84. The van der Waals surface area contributed by atoms with Crippen LogP contribution >= 0.6 is 0 Å². The maximum Gasteiger partial charge on any atom is 0.305 e. The predicted octanol–water partition coefficient (Wildman–Crippen LogP) is 3.22. The first kappa shape index (κ1) is 20.2. The van der Waals surface area contributed by atoms with E-state index in [2.05, 4.69) is 10.7 Å². The zero-order chi connectivity index (χ0) is 18.0. The highest BCUT2D eigenvalue weighted by Crippen LogP contribution is 2.18. The minimum atomic E-state index is -3.85. The van der Waals surface area contributed by atoms with Crippen molar-refractivity contribution >= 4 is 16.1 Å². The second-order valence-electron chi connectivity index (χ2n) is 5.55. The van der Waals surface area contributed by atoms with Gasteiger partial charge in [-0.1, -0.05) is 36.5 Å². The number of terminal acetylenes is 1. The first-order valence-electron chi connectivity index (χ1n) is 7.92. The lowest BCUT2D eigenvalue weighted by atomic mass is 10.1. The van der Waals surface area contributed by atoms with Crippen molar-refractivity contribution in [3.05, 3.63) is 29.8 Å². The van der Waals surface area contributed by atoms with Crippen LogP contribution in [0, 0.1) is 19.3 Å². The monoisotopic (exact) mass is 352 g/mol. The van der Waals surface area contributed by atoms with Gasteiger partial charge < -0.3 is 4.74 Å². The fourth-order valence-corrected chi connectivity index (χ4v) is 3.17. The topological polar surface area (TPSA) is 69.7 Å². The number of hydrogen-bond donors (Lipinski definition) is 0. The van der Waals surface area contributed by atoms with Gasteiger partial charge in [-0.3, -0.25) is 4.79 Å². The summed E-state index contributed by atoms with van der Waals surface area (Å²) in [5, 5.41) is 0. The Balaban J connectivity index is 2.40. The molecule has 0 N–H and O–H groups in total. The summed E-state index contributed by atoms with van der Waals surface area (Å²) in [5.74, 6) is 2.16. The molecule has 1 aromatic carbocycles. The molecule has 0 aliphatic carbocycles. The summed E-state index contributed by atoms with van der Waals surface area (Å²) >= 11 is 0. The van der Waals surface area contributed by atoms with Crippen molar-refractivity contribution in [1.29, 1.82) is 0 Å². The van der Waals surface area contributed by atoms with Crippen LogP contribution in [-0.2, 0) is 23.8 Å². The molecule has 0 aromatic heterocycles. The molecule has 24 heavy (non-hydrogen) atoms. The Kier molecular flexibility index (Phi) is 8.51. The van der Waals surface area contributed by atoms with Crippen LogP contribution in [0.25, 0.3) is 0 Å². The molecule has 132 valence electrons. The van der Waals surface area contributed by atoms with Crippen molar-refractivity contribution < 1.29 is 22.1 Å². The SMILES string of the molecule is C#CC(CCCCCCC(=O)OC)OS(=O)(=O)c1ccc(C)cc1. The van der Waals surface area contributed by atoms with Crippen molar-refractivity contribution in [3.63, 3.8) is 0 Å². The minimum absolute atomic E-state index is 0.103. The lowest BCUT2D eigenvalue weighted by molar-refractivity contribution is -0.140. The van der Waals surface area contributed by atoms with Gasteiger partial charge in [-0.25, -0.2) is 4.18 Å². The average Bonchev–Trinajstić information content (AvgIpc) is 2.56. The summed E-state index contributed by atoms with van der Waals surface area (Å²) in [5.41, 5.74) is 0.967. The standard InChI is InChI=1S/C18H24O5S/c1-4-16(9-7-5-6-8-10-18(19)22-3)23-24(20,21)17-13-11-15(2)12-14-17/h1,11-14,16H,5-10H2,2-3H3. The van der Waals surface area contributed by atoms with Crippen molar-refractivity contribution in [3.8, 4) is 12.3 Å². The Morgan fingerprint density at radius 3 is 2.38 bits per heavy atom. The van der Waals surface area contributed by atoms with E-state index < -0.39 is 16.2 Å². The third kappa shape index (κ3) is 7.16. The van der Waals surface area contributed by atoms with Crippen LogP contribution in [0.3, 0.4) is 0 Å². The number of carbonyl (C=O) groups excluding carboxylic acids is 1. The largest absolute Gasteiger partial charge is 0.469 e. The number of aryl methyl sites for hydroxylation is 1. The Morgan fingerprint density at radius 2 is 1.79 bits per heavy atom. The molecule has 0 radical (unpaired) electrons. The molecule has 1 aromatic rings. The van der Waals surface area contributed by atoms with Crippen LogP contribution in [0.2, 0.25) is 0 Å². The molecular weight excluding hydrogens is 328 g/mol. The quantitative estimate of drug-likeness (QED) is 0.280. The van der Waals surface area contributed by atoms with Crippen LogP contribution < -0.4 is 0 Å². The fourth-order valence-electron chi connectivity index (χ4n) is 2.13. The zero-order valence-corrected chi connectivity index (χ0v) is 15.0. The smallest absolute Gasteiger partial charge is 0.305 e. The van der Waals surface area contributed by atoms with Crippen LogP contribution in [0.4, 0.5) is 0 Å². The highest BCUT2D eigenvalue weighted by Gasteiger charge is 2.20. The van der Waals surface area contributed by atoms with Crippen molar-refractivity contribution in [2.45, 2.75) is 56.4 Å². The number of unbranched alkanes of at least 4 members (excludes halogenated alkanes) is 3. The molecule has 0 spiro atoms. The Morgan fingerprint density at radius 1 is 1.17 bits per heavy atom. The summed E-state index contributed by atoms with van der Waals surface area (Å²) in [6.07, 6.45) is 8.64. The minimum Gasteiger partial charge on any atom is -0.469 e. The molecule has 1 rings (SSSR count). The molecule has 6 heteroatoms. The van der Waals surface area contributed by atoms with Crippen molar-refractivity contribution in [1.82, 2.24) is 0 Å². The predicted molar refractivity (Wildman–Crippen MR) is 91.8 cm³/mol. The number of rotatable bonds is 10. The molecule has 0 aliphatic rings. The van der Waals surface area contributed by atoms with E-state index in [-0.39, 0.29) is 10.9 Å². The van der Waals surface area contributed by atoms with Crippen LogP contribution in [-0.4, -0.2) is 27.6 Å². The van der Waals surface area contributed by atoms with E-state index in [0.29, 0.717) is 12.8 Å². The lowest BCUT2D eigenvalue weighted by Gasteiger charge is -2.12. The molecule has 5 nitrogen and oxygen atoms in total. The van der Waals surface area contributed by atoms with Gasteiger partial charge in [0.1, 0.15) is 6.10 Å². The van der Waals surface area contributed by atoms with Gasteiger partial charge in [0.05, 0.1) is 12.0 Å². The fraction of sp³-hybridized carbons (Fsp3) is 0.500. The van der Waals surface area contributed by atoms with E-state index in [1.807, 2.05) is 6.92 Å². The van der Waals surface area contributed by atoms with Crippen LogP contribution in [0.1, 0.15) is 44.1 Å². The van der Waals surface area contributed by atoms with Crippen LogP contribution in [0.5, 0.6) is 0 Å². The number of ether oxygens (including phenoxy) is 1. The van der Waals surface area contributed by atoms with E-state index in [9.17, 15) is 13.2 Å². The van der Waals surface area contributed by atoms with Gasteiger partial charge in [0.2, 0.25) is 0 Å². The van der Waals surface area contributed by atoms with E-state index in [1.165, 1.54) is 19.2 Å². The van der Waals surface area contributed by atoms with Gasteiger partial charge >= 0.3 is 5.97 Å². The van der Waals surface area contributed by atoms with Crippen LogP contribution in [0.15, 0.2) is 29.2 Å². The average molecular weight is 352 g/mol. The third-order valence-corrected chi connectivity index (χ3v) is 4.90. The lowest BCUT2D eigenvalue weighted by Crippen LogP contribution is -2.17. The van der Waals surface area contributed by atoms with E-state index >= 15 is 0 Å². The number of hydrogen-bond acceptors (Lipinski definition) is 5. The second-order valence-corrected chi connectivity index (χ2v) is 7.12.